The highest BCUT2D eigenvalue weighted by Gasteiger charge is 2.25. The van der Waals surface area contributed by atoms with Gasteiger partial charge in [0.25, 0.3) is 0 Å². The Bertz CT molecular complexity index is 784. The summed E-state index contributed by atoms with van der Waals surface area (Å²) in [7, 11) is 0. The Morgan fingerprint density at radius 3 is 2.56 bits per heavy atom. The molecule has 0 fully saturated rings. The first-order valence-corrected chi connectivity index (χ1v) is 8.46. The predicted molar refractivity (Wildman–Crippen MR) is 97.4 cm³/mol. The van der Waals surface area contributed by atoms with Crippen molar-refractivity contribution in [2.24, 2.45) is 0 Å². The van der Waals surface area contributed by atoms with E-state index in [0.717, 1.165) is 23.2 Å². The van der Waals surface area contributed by atoms with Gasteiger partial charge < -0.3 is 10.1 Å². The van der Waals surface area contributed by atoms with E-state index in [1.165, 1.54) is 6.07 Å². The minimum atomic E-state index is -0.561. The van der Waals surface area contributed by atoms with Crippen LogP contribution in [0.25, 0.3) is 0 Å². The first-order valence-electron chi connectivity index (χ1n) is 8.46. The molecular formula is C20H23FN2O2. The van der Waals surface area contributed by atoms with Crippen molar-refractivity contribution in [3.05, 3.63) is 59.4 Å². The number of hydrogen-bond acceptors (Lipinski definition) is 3. The lowest BCUT2D eigenvalue weighted by atomic mass is 10.1. The molecule has 1 unspecified atom stereocenters. The van der Waals surface area contributed by atoms with Crippen molar-refractivity contribution in [1.82, 2.24) is 0 Å². The van der Waals surface area contributed by atoms with Crippen LogP contribution in [0.2, 0.25) is 0 Å². The molecule has 3 rings (SSSR count). The van der Waals surface area contributed by atoms with Crippen molar-refractivity contribution in [2.75, 3.05) is 10.6 Å². The maximum Gasteiger partial charge on any atom is 0.412 e. The van der Waals surface area contributed by atoms with Gasteiger partial charge >= 0.3 is 6.09 Å². The molecule has 0 bridgehead atoms. The Hall–Kier alpha value is -2.56. The summed E-state index contributed by atoms with van der Waals surface area (Å²) in [5.41, 5.74) is 2.62. The number of nitrogens with one attached hydrogen (secondary N) is 2. The van der Waals surface area contributed by atoms with Crippen molar-refractivity contribution in [1.29, 1.82) is 0 Å². The van der Waals surface area contributed by atoms with Crippen molar-refractivity contribution < 1.29 is 13.9 Å². The summed E-state index contributed by atoms with van der Waals surface area (Å²) in [5.74, 6) is -0.151. The monoisotopic (exact) mass is 342 g/mol. The zero-order chi connectivity index (χ0) is 18.0. The molecule has 0 saturated carbocycles. The second kappa shape index (κ2) is 6.75. The van der Waals surface area contributed by atoms with Crippen LogP contribution in [0.1, 0.15) is 44.4 Å². The Kier molecular flexibility index (Phi) is 4.66. The van der Waals surface area contributed by atoms with E-state index in [1.54, 1.807) is 6.07 Å². The van der Waals surface area contributed by atoms with Gasteiger partial charge in [0.2, 0.25) is 0 Å². The summed E-state index contributed by atoms with van der Waals surface area (Å²) in [6.07, 6.45) is 1.03. The number of carbonyl (C=O) groups excluding carboxylic acids is 1. The molecule has 2 aromatic rings. The zero-order valence-electron chi connectivity index (χ0n) is 14.7. The highest BCUT2D eigenvalue weighted by molar-refractivity contribution is 5.89. The number of halogens is 1. The fraction of sp³-hybridized carbons (Fsp3) is 0.350. The molecule has 132 valence electrons. The Morgan fingerprint density at radius 1 is 1.12 bits per heavy atom. The first-order chi connectivity index (χ1) is 11.8. The van der Waals surface area contributed by atoms with Gasteiger partial charge in [-0.2, -0.15) is 0 Å². The summed E-state index contributed by atoms with van der Waals surface area (Å²) < 4.78 is 19.2. The van der Waals surface area contributed by atoms with Crippen LogP contribution in [0.3, 0.4) is 0 Å². The zero-order valence-corrected chi connectivity index (χ0v) is 14.7. The second-order valence-corrected chi connectivity index (χ2v) is 7.22. The number of fused-ring (bicyclic) bond motifs is 1. The first kappa shape index (κ1) is 17.3. The molecular weight excluding hydrogens is 319 g/mol. The molecule has 0 spiro atoms. The molecule has 0 radical (unpaired) electrons. The standard InChI is InChI=1S/C20H23FN2O2/c1-20(2,3)25-19(24)23-18-10-5-4-9-17(18)22-16-12-11-13-14(16)7-6-8-15(13)21/h4-10,16,22H,11-12H2,1-3H3,(H,23,24). The summed E-state index contributed by atoms with van der Waals surface area (Å²) in [4.78, 5) is 12.0. The molecule has 1 aliphatic carbocycles. The fourth-order valence-corrected chi connectivity index (χ4v) is 3.08. The third-order valence-electron chi connectivity index (χ3n) is 4.11. The van der Waals surface area contributed by atoms with Crippen LogP contribution in [-0.4, -0.2) is 11.7 Å². The third-order valence-corrected chi connectivity index (χ3v) is 4.11. The van der Waals surface area contributed by atoms with E-state index < -0.39 is 11.7 Å². The number of para-hydroxylation sites is 2. The van der Waals surface area contributed by atoms with E-state index in [1.807, 2.05) is 51.1 Å². The van der Waals surface area contributed by atoms with Crippen molar-refractivity contribution in [2.45, 2.75) is 45.3 Å². The van der Waals surface area contributed by atoms with Gasteiger partial charge in [0.15, 0.2) is 0 Å². The van der Waals surface area contributed by atoms with Crippen LogP contribution in [0.5, 0.6) is 0 Å². The van der Waals surface area contributed by atoms with E-state index in [4.69, 9.17) is 4.74 Å². The highest BCUT2D eigenvalue weighted by atomic mass is 19.1. The Balaban J connectivity index is 1.77. The lowest BCUT2D eigenvalue weighted by molar-refractivity contribution is 0.0636. The molecule has 1 aliphatic rings. The van der Waals surface area contributed by atoms with Crippen LogP contribution in [0.4, 0.5) is 20.6 Å². The maximum atomic E-state index is 13.9. The SMILES string of the molecule is CC(C)(C)OC(=O)Nc1ccccc1NC1CCc2c(F)cccc21. The van der Waals surface area contributed by atoms with E-state index in [0.29, 0.717) is 12.1 Å². The summed E-state index contributed by atoms with van der Waals surface area (Å²) >= 11 is 0. The topological polar surface area (TPSA) is 50.4 Å². The highest BCUT2D eigenvalue weighted by Crippen LogP contribution is 2.36. The number of anilines is 2. The molecule has 5 heteroatoms. The molecule has 2 N–H and O–H groups in total. The van der Waals surface area contributed by atoms with Gasteiger partial charge in [-0.25, -0.2) is 9.18 Å². The molecule has 0 heterocycles. The summed E-state index contributed by atoms with van der Waals surface area (Å²) in [6, 6.07) is 12.7. The average Bonchev–Trinajstić information content (AvgIpc) is 2.92. The normalized spacial score (nSPS) is 16.2. The van der Waals surface area contributed by atoms with Gasteiger partial charge in [0.05, 0.1) is 17.4 Å². The van der Waals surface area contributed by atoms with Gasteiger partial charge in [-0.3, -0.25) is 5.32 Å². The second-order valence-electron chi connectivity index (χ2n) is 7.22. The van der Waals surface area contributed by atoms with E-state index in [9.17, 15) is 9.18 Å². The minimum Gasteiger partial charge on any atom is -0.444 e. The van der Waals surface area contributed by atoms with Crippen molar-refractivity contribution >= 4 is 17.5 Å². The minimum absolute atomic E-state index is 0.0206. The fourth-order valence-electron chi connectivity index (χ4n) is 3.08. The van der Waals surface area contributed by atoms with Crippen molar-refractivity contribution in [3.63, 3.8) is 0 Å². The van der Waals surface area contributed by atoms with Crippen LogP contribution in [0.15, 0.2) is 42.5 Å². The van der Waals surface area contributed by atoms with Crippen LogP contribution >= 0.6 is 0 Å². The number of hydrogen-bond donors (Lipinski definition) is 2. The quantitative estimate of drug-likeness (QED) is 0.798. The molecule has 0 aromatic heterocycles. The number of carbonyl (C=O) groups is 1. The number of amides is 1. The van der Waals surface area contributed by atoms with Gasteiger partial charge in [-0.15, -0.1) is 0 Å². The molecule has 1 atom stereocenters. The maximum absolute atomic E-state index is 13.9. The molecule has 0 aliphatic heterocycles. The van der Waals surface area contributed by atoms with Gasteiger partial charge in [-0.1, -0.05) is 24.3 Å². The molecule has 2 aromatic carbocycles. The third kappa shape index (κ3) is 4.10. The smallest absolute Gasteiger partial charge is 0.412 e. The van der Waals surface area contributed by atoms with E-state index >= 15 is 0 Å². The lowest BCUT2D eigenvalue weighted by Crippen LogP contribution is -2.27. The Morgan fingerprint density at radius 2 is 1.84 bits per heavy atom. The molecule has 4 nitrogen and oxygen atoms in total. The summed E-state index contributed by atoms with van der Waals surface area (Å²) in [5, 5.41) is 6.20. The molecule has 25 heavy (non-hydrogen) atoms. The average molecular weight is 342 g/mol. The number of benzene rings is 2. The van der Waals surface area contributed by atoms with Gasteiger partial charge in [-0.05, 0) is 62.9 Å². The summed E-state index contributed by atoms with van der Waals surface area (Å²) in [6.45, 7) is 5.46. The van der Waals surface area contributed by atoms with Gasteiger partial charge in [0.1, 0.15) is 11.4 Å². The van der Waals surface area contributed by atoms with Crippen molar-refractivity contribution in [3.8, 4) is 0 Å². The van der Waals surface area contributed by atoms with Crippen LogP contribution < -0.4 is 10.6 Å². The lowest BCUT2D eigenvalue weighted by Gasteiger charge is -2.22. The van der Waals surface area contributed by atoms with E-state index in [2.05, 4.69) is 10.6 Å². The number of rotatable bonds is 3. The molecule has 1 amide bonds. The number of ether oxygens (including phenoxy) is 1. The van der Waals surface area contributed by atoms with Gasteiger partial charge in [0, 0.05) is 0 Å². The van der Waals surface area contributed by atoms with E-state index in [-0.39, 0.29) is 11.9 Å². The van der Waals surface area contributed by atoms with Crippen LogP contribution in [-0.2, 0) is 11.2 Å². The Labute approximate surface area is 147 Å². The predicted octanol–water partition coefficient (Wildman–Crippen LogP) is 5.27. The largest absolute Gasteiger partial charge is 0.444 e. The van der Waals surface area contributed by atoms with Crippen LogP contribution in [0, 0.1) is 5.82 Å². The molecule has 0 saturated heterocycles.